The number of nitrogens with one attached hydrogen (secondary N) is 1. The van der Waals surface area contributed by atoms with Crippen molar-refractivity contribution in [3.63, 3.8) is 0 Å². The minimum absolute atomic E-state index is 0.775. The number of anilines is 1. The molecule has 0 aliphatic heterocycles. The summed E-state index contributed by atoms with van der Waals surface area (Å²) in [5.74, 6) is 0.949. The molecule has 0 aliphatic rings. The van der Waals surface area contributed by atoms with Crippen LogP contribution < -0.4 is 5.32 Å². The van der Waals surface area contributed by atoms with E-state index in [-0.39, 0.29) is 0 Å². The third-order valence-corrected chi connectivity index (χ3v) is 3.93. The Morgan fingerprint density at radius 2 is 2.05 bits per heavy atom. The van der Waals surface area contributed by atoms with E-state index in [0.717, 1.165) is 22.9 Å². The molecule has 3 rings (SSSR count). The Kier molecular flexibility index (Phi) is 3.17. The molecule has 0 bridgehead atoms. The lowest BCUT2D eigenvalue weighted by molar-refractivity contribution is 1.13. The number of para-hydroxylation sites is 1. The standard InChI is InChI=1S/C15H15N3S/c1-10-7-12-5-3-4-6-14(12)18-15(10)17-9-13-8-16-11(2)19-13/h3-8H,9H2,1-2H3,(H,17,18). The molecule has 96 valence electrons. The van der Waals surface area contributed by atoms with E-state index in [1.54, 1.807) is 11.3 Å². The first-order valence-electron chi connectivity index (χ1n) is 6.24. The molecule has 3 aromatic rings. The third kappa shape index (κ3) is 2.58. The van der Waals surface area contributed by atoms with E-state index in [9.17, 15) is 0 Å². The van der Waals surface area contributed by atoms with Crippen molar-refractivity contribution in [2.75, 3.05) is 5.32 Å². The summed E-state index contributed by atoms with van der Waals surface area (Å²) < 4.78 is 0. The number of aromatic nitrogens is 2. The average molecular weight is 269 g/mol. The summed E-state index contributed by atoms with van der Waals surface area (Å²) in [4.78, 5) is 10.2. The monoisotopic (exact) mass is 269 g/mol. The Morgan fingerprint density at radius 1 is 1.21 bits per heavy atom. The van der Waals surface area contributed by atoms with Crippen molar-refractivity contribution >= 4 is 28.1 Å². The van der Waals surface area contributed by atoms with Gasteiger partial charge in [0.2, 0.25) is 0 Å². The van der Waals surface area contributed by atoms with Crippen LogP contribution in [0.2, 0.25) is 0 Å². The predicted octanol–water partition coefficient (Wildman–Crippen LogP) is 3.92. The minimum atomic E-state index is 0.775. The highest BCUT2D eigenvalue weighted by atomic mass is 32.1. The van der Waals surface area contributed by atoms with Crippen molar-refractivity contribution in [2.45, 2.75) is 20.4 Å². The van der Waals surface area contributed by atoms with Gasteiger partial charge in [0.15, 0.2) is 0 Å². The SMILES string of the molecule is Cc1ncc(CNc2nc3ccccc3cc2C)s1. The van der Waals surface area contributed by atoms with Crippen molar-refractivity contribution in [3.05, 3.63) is 52.0 Å². The number of hydrogen-bond acceptors (Lipinski definition) is 4. The van der Waals surface area contributed by atoms with Crippen molar-refractivity contribution < 1.29 is 0 Å². The molecule has 0 saturated carbocycles. The van der Waals surface area contributed by atoms with E-state index >= 15 is 0 Å². The van der Waals surface area contributed by atoms with Crippen LogP contribution in [0.4, 0.5) is 5.82 Å². The fourth-order valence-corrected chi connectivity index (χ4v) is 2.79. The number of fused-ring (bicyclic) bond motifs is 1. The van der Waals surface area contributed by atoms with Crippen LogP contribution in [0.3, 0.4) is 0 Å². The summed E-state index contributed by atoms with van der Waals surface area (Å²) in [6.07, 6.45) is 1.92. The van der Waals surface area contributed by atoms with Crippen molar-refractivity contribution in [2.24, 2.45) is 0 Å². The highest BCUT2D eigenvalue weighted by molar-refractivity contribution is 7.11. The van der Waals surface area contributed by atoms with Gasteiger partial charge in [-0.3, -0.25) is 0 Å². The highest BCUT2D eigenvalue weighted by Crippen LogP contribution is 2.21. The van der Waals surface area contributed by atoms with E-state index < -0.39 is 0 Å². The van der Waals surface area contributed by atoms with Gasteiger partial charge in [-0.25, -0.2) is 9.97 Å². The zero-order valence-electron chi connectivity index (χ0n) is 11.0. The number of pyridine rings is 1. The summed E-state index contributed by atoms with van der Waals surface area (Å²) in [5.41, 5.74) is 2.19. The van der Waals surface area contributed by atoms with Crippen LogP contribution in [0.1, 0.15) is 15.4 Å². The van der Waals surface area contributed by atoms with Gasteiger partial charge in [-0.2, -0.15) is 0 Å². The maximum atomic E-state index is 4.67. The van der Waals surface area contributed by atoms with Gasteiger partial charge in [0, 0.05) is 16.5 Å². The van der Waals surface area contributed by atoms with Crippen molar-refractivity contribution in [1.82, 2.24) is 9.97 Å². The molecule has 0 aliphatic carbocycles. The van der Waals surface area contributed by atoms with Crippen molar-refractivity contribution in [3.8, 4) is 0 Å². The Hall–Kier alpha value is -1.94. The maximum Gasteiger partial charge on any atom is 0.129 e. The second kappa shape index (κ2) is 4.97. The minimum Gasteiger partial charge on any atom is -0.365 e. The normalized spacial score (nSPS) is 10.8. The van der Waals surface area contributed by atoms with Crippen LogP contribution >= 0.6 is 11.3 Å². The Bertz CT molecular complexity index is 718. The fourth-order valence-electron chi connectivity index (χ4n) is 2.06. The van der Waals surface area contributed by atoms with E-state index in [1.165, 1.54) is 15.8 Å². The van der Waals surface area contributed by atoms with Gasteiger partial charge in [-0.1, -0.05) is 18.2 Å². The highest BCUT2D eigenvalue weighted by Gasteiger charge is 2.04. The van der Waals surface area contributed by atoms with Gasteiger partial charge >= 0.3 is 0 Å². The number of hydrogen-bond donors (Lipinski definition) is 1. The van der Waals surface area contributed by atoms with E-state index in [4.69, 9.17) is 0 Å². The predicted molar refractivity (Wildman–Crippen MR) is 80.7 cm³/mol. The molecule has 2 heterocycles. The zero-order chi connectivity index (χ0) is 13.2. The largest absolute Gasteiger partial charge is 0.365 e. The topological polar surface area (TPSA) is 37.8 Å². The molecule has 3 nitrogen and oxygen atoms in total. The first kappa shape index (κ1) is 12.1. The number of benzene rings is 1. The summed E-state index contributed by atoms with van der Waals surface area (Å²) in [7, 11) is 0. The van der Waals surface area contributed by atoms with E-state index in [0.29, 0.717) is 0 Å². The second-order valence-electron chi connectivity index (χ2n) is 4.55. The van der Waals surface area contributed by atoms with Crippen molar-refractivity contribution in [1.29, 1.82) is 0 Å². The summed E-state index contributed by atoms with van der Waals surface area (Å²) in [6, 6.07) is 10.3. The second-order valence-corrected chi connectivity index (χ2v) is 5.87. The van der Waals surface area contributed by atoms with Crippen LogP contribution in [-0.2, 0) is 6.54 Å². The summed E-state index contributed by atoms with van der Waals surface area (Å²) in [5, 5.41) is 5.67. The molecule has 0 saturated heterocycles. The Labute approximate surface area is 116 Å². The van der Waals surface area contributed by atoms with Crippen LogP contribution in [0.25, 0.3) is 10.9 Å². The average Bonchev–Trinajstić information content (AvgIpc) is 2.82. The molecule has 2 aromatic heterocycles. The lowest BCUT2D eigenvalue weighted by Crippen LogP contribution is -2.02. The quantitative estimate of drug-likeness (QED) is 0.783. The Morgan fingerprint density at radius 3 is 2.84 bits per heavy atom. The molecular formula is C15H15N3S. The molecule has 0 fully saturated rings. The van der Waals surface area contributed by atoms with Crippen LogP contribution in [0.15, 0.2) is 36.5 Å². The molecule has 0 unspecified atom stereocenters. The maximum absolute atomic E-state index is 4.67. The number of nitrogens with zero attached hydrogens (tertiary/aromatic N) is 2. The van der Waals surface area contributed by atoms with Gasteiger partial charge in [-0.15, -0.1) is 11.3 Å². The zero-order valence-corrected chi connectivity index (χ0v) is 11.8. The lowest BCUT2D eigenvalue weighted by atomic mass is 10.1. The number of thiazole rings is 1. The van der Waals surface area contributed by atoms with Gasteiger partial charge in [0.25, 0.3) is 0 Å². The number of aryl methyl sites for hydroxylation is 2. The lowest BCUT2D eigenvalue weighted by Gasteiger charge is -2.09. The molecule has 1 N–H and O–H groups in total. The summed E-state index contributed by atoms with van der Waals surface area (Å²) >= 11 is 1.72. The molecule has 4 heteroatoms. The third-order valence-electron chi connectivity index (χ3n) is 3.01. The van der Waals surface area contributed by atoms with E-state index in [2.05, 4.69) is 34.3 Å². The molecule has 19 heavy (non-hydrogen) atoms. The fraction of sp³-hybridized carbons (Fsp3) is 0.200. The Balaban J connectivity index is 1.86. The molecular weight excluding hydrogens is 254 g/mol. The molecule has 1 aromatic carbocycles. The molecule has 0 amide bonds. The van der Waals surface area contributed by atoms with Gasteiger partial charge in [-0.05, 0) is 31.5 Å². The molecule has 0 atom stereocenters. The first-order chi connectivity index (χ1) is 9.22. The smallest absolute Gasteiger partial charge is 0.129 e. The van der Waals surface area contributed by atoms with Gasteiger partial charge in [0.05, 0.1) is 17.1 Å². The van der Waals surface area contributed by atoms with Crippen LogP contribution in [0.5, 0.6) is 0 Å². The number of rotatable bonds is 3. The first-order valence-corrected chi connectivity index (χ1v) is 7.05. The molecule has 0 radical (unpaired) electrons. The van der Waals surface area contributed by atoms with Crippen LogP contribution in [0, 0.1) is 13.8 Å². The summed E-state index contributed by atoms with van der Waals surface area (Å²) in [6.45, 7) is 4.88. The van der Waals surface area contributed by atoms with Gasteiger partial charge < -0.3 is 5.32 Å². The molecule has 0 spiro atoms. The van der Waals surface area contributed by atoms with E-state index in [1.807, 2.05) is 31.3 Å². The van der Waals surface area contributed by atoms with Gasteiger partial charge in [0.1, 0.15) is 5.82 Å². The van der Waals surface area contributed by atoms with Crippen LogP contribution in [-0.4, -0.2) is 9.97 Å².